The highest BCUT2D eigenvalue weighted by Gasteiger charge is 2.32. The van der Waals surface area contributed by atoms with Gasteiger partial charge in [-0.1, -0.05) is 12.8 Å². The molecule has 0 bridgehead atoms. The van der Waals surface area contributed by atoms with Crippen LogP contribution in [0.2, 0.25) is 0 Å². The summed E-state index contributed by atoms with van der Waals surface area (Å²) in [5.74, 6) is 0.924. The van der Waals surface area contributed by atoms with Crippen LogP contribution in [0.25, 0.3) is 11.4 Å². The van der Waals surface area contributed by atoms with Crippen LogP contribution in [0.3, 0.4) is 0 Å². The molecule has 2 aromatic carbocycles. The zero-order valence-electron chi connectivity index (χ0n) is 33.1. The molecule has 2 aliphatic carbocycles. The van der Waals surface area contributed by atoms with Crippen molar-refractivity contribution in [1.29, 1.82) is 0 Å². The molecule has 0 aliphatic heterocycles. The van der Waals surface area contributed by atoms with Crippen molar-refractivity contribution in [3.05, 3.63) is 121 Å². The van der Waals surface area contributed by atoms with E-state index in [0.29, 0.717) is 48.5 Å². The minimum absolute atomic E-state index is 0.0513. The van der Waals surface area contributed by atoms with Gasteiger partial charge in [0.05, 0.1) is 44.6 Å². The molecule has 2 saturated carbocycles. The van der Waals surface area contributed by atoms with E-state index >= 15 is 0 Å². The number of amides is 2. The molecule has 0 unspecified atom stereocenters. The molecule has 4 aromatic heterocycles. The predicted octanol–water partition coefficient (Wildman–Crippen LogP) is 4.54. The average molecular weight is 837 g/mol. The molecule has 0 saturated heterocycles. The standard InChI is InChI=1S/C22H25FN6O3.C20H21FN6O2/c23-16-4-6-17(7-5-16)32-14-15-2-1-3-18(15)27-22(31)21-19(29-25-10-11-26-29)8-9-20(28-21)24-12-13-30;21-14-4-6-15(7-5-14)29-12-13-2-1-3-16(13)25-20(28)19-17(8-9-18(22)26-19)27-23-10-11-24-27/h4-11,15,18,30H,1-3,12-14H2,(H,24,28)(H,27,31);4-11,13,16H,1-3,12H2,(H2,22,26)(H,25,28)/t15-,18+;13-,16+/m11/s1. The number of ether oxygens (including phenoxy) is 2. The summed E-state index contributed by atoms with van der Waals surface area (Å²) in [6.07, 6.45) is 11.6. The third kappa shape index (κ3) is 11.2. The second-order valence-electron chi connectivity index (χ2n) is 14.5. The summed E-state index contributed by atoms with van der Waals surface area (Å²) >= 11 is 0. The molecule has 4 heterocycles. The van der Waals surface area contributed by atoms with Crippen molar-refractivity contribution in [2.24, 2.45) is 11.8 Å². The first-order chi connectivity index (χ1) is 29.7. The van der Waals surface area contributed by atoms with E-state index in [1.54, 1.807) is 48.5 Å². The number of benzene rings is 2. The number of anilines is 2. The number of nitrogen functional groups attached to an aromatic ring is 1. The maximum absolute atomic E-state index is 13.2. The van der Waals surface area contributed by atoms with Gasteiger partial charge in [-0.25, -0.2) is 18.7 Å². The minimum Gasteiger partial charge on any atom is -0.493 e. The molecule has 2 amide bonds. The van der Waals surface area contributed by atoms with Crippen molar-refractivity contribution in [2.45, 2.75) is 50.6 Å². The van der Waals surface area contributed by atoms with Crippen molar-refractivity contribution in [1.82, 2.24) is 50.6 Å². The lowest BCUT2D eigenvalue weighted by Gasteiger charge is -2.22. The van der Waals surface area contributed by atoms with Crippen molar-refractivity contribution in [3.63, 3.8) is 0 Å². The molecule has 17 nitrogen and oxygen atoms in total. The number of aliphatic hydroxyl groups excluding tert-OH is 1. The number of aliphatic hydroxyl groups is 1. The summed E-state index contributed by atoms with van der Waals surface area (Å²) in [5.41, 5.74) is 7.07. The van der Waals surface area contributed by atoms with Gasteiger partial charge < -0.3 is 36.3 Å². The number of hydrogen-bond acceptors (Lipinski definition) is 13. The van der Waals surface area contributed by atoms with Gasteiger partial charge in [0.25, 0.3) is 11.8 Å². The van der Waals surface area contributed by atoms with Gasteiger partial charge in [0, 0.05) is 30.5 Å². The van der Waals surface area contributed by atoms with Crippen molar-refractivity contribution in [2.75, 3.05) is 37.4 Å². The largest absolute Gasteiger partial charge is 0.493 e. The Morgan fingerprint density at radius 1 is 0.656 bits per heavy atom. The van der Waals surface area contributed by atoms with Gasteiger partial charge >= 0.3 is 0 Å². The lowest BCUT2D eigenvalue weighted by molar-refractivity contribution is 0.0905. The number of nitrogens with two attached hydrogens (primary N) is 1. The summed E-state index contributed by atoms with van der Waals surface area (Å²) in [6.45, 7) is 1.13. The Morgan fingerprint density at radius 3 is 1.59 bits per heavy atom. The van der Waals surface area contributed by atoms with E-state index in [0.717, 1.165) is 38.5 Å². The number of halogens is 2. The number of hydrogen-bond donors (Lipinski definition) is 5. The lowest BCUT2D eigenvalue weighted by Crippen LogP contribution is -2.40. The highest BCUT2D eigenvalue weighted by atomic mass is 19.1. The molecular formula is C42H46F2N12O5. The fraction of sp³-hybridized carbons (Fsp3) is 0.333. The van der Waals surface area contributed by atoms with Crippen LogP contribution < -0.4 is 31.2 Å². The number of nitrogens with one attached hydrogen (secondary N) is 3. The van der Waals surface area contributed by atoms with Crippen molar-refractivity contribution in [3.8, 4) is 22.9 Å². The Bertz CT molecular complexity index is 2330. The normalized spacial score (nSPS) is 18.1. The summed E-state index contributed by atoms with van der Waals surface area (Å²) in [4.78, 5) is 37.5. The van der Waals surface area contributed by atoms with Crippen LogP contribution in [0.1, 0.15) is 59.5 Å². The molecule has 2 fully saturated rings. The quantitative estimate of drug-likeness (QED) is 0.0960. The van der Waals surface area contributed by atoms with Crippen LogP contribution in [-0.2, 0) is 0 Å². The molecule has 6 aromatic rings. The molecule has 8 rings (SSSR count). The number of rotatable bonds is 15. The number of pyridine rings is 2. The smallest absolute Gasteiger partial charge is 0.272 e. The molecule has 318 valence electrons. The van der Waals surface area contributed by atoms with Crippen LogP contribution >= 0.6 is 0 Å². The first kappa shape index (κ1) is 42.1. The van der Waals surface area contributed by atoms with Crippen LogP contribution in [0.4, 0.5) is 20.4 Å². The minimum atomic E-state index is -0.330. The fourth-order valence-electron chi connectivity index (χ4n) is 7.33. The van der Waals surface area contributed by atoms with E-state index in [2.05, 4.69) is 46.3 Å². The average Bonchev–Trinajstić information content (AvgIpc) is 4.13. The van der Waals surface area contributed by atoms with Crippen LogP contribution in [0.5, 0.6) is 11.5 Å². The van der Waals surface area contributed by atoms with Crippen molar-refractivity contribution >= 4 is 23.5 Å². The Morgan fingerprint density at radius 2 is 1.11 bits per heavy atom. The van der Waals surface area contributed by atoms with E-state index in [1.807, 2.05) is 0 Å². The van der Waals surface area contributed by atoms with E-state index in [-0.39, 0.29) is 71.2 Å². The molecule has 2 aliphatic rings. The summed E-state index contributed by atoms with van der Waals surface area (Å²) < 4.78 is 37.7. The Labute approximate surface area is 349 Å². The second kappa shape index (κ2) is 20.3. The monoisotopic (exact) mass is 836 g/mol. The first-order valence-electron chi connectivity index (χ1n) is 20.0. The number of carbonyl (C=O) groups excluding carboxylic acids is 2. The van der Waals surface area contributed by atoms with E-state index in [4.69, 9.17) is 20.3 Å². The third-order valence-electron chi connectivity index (χ3n) is 10.4. The van der Waals surface area contributed by atoms with Crippen LogP contribution in [0.15, 0.2) is 97.6 Å². The van der Waals surface area contributed by atoms with E-state index < -0.39 is 0 Å². The predicted molar refractivity (Wildman–Crippen MR) is 219 cm³/mol. The molecular weight excluding hydrogens is 791 g/mol. The molecule has 4 atom stereocenters. The Kier molecular flexibility index (Phi) is 14.0. The van der Waals surface area contributed by atoms with E-state index in [1.165, 1.54) is 58.6 Å². The molecule has 6 N–H and O–H groups in total. The topological polar surface area (TPSA) is 222 Å². The third-order valence-corrected chi connectivity index (χ3v) is 10.4. The summed E-state index contributed by atoms with van der Waals surface area (Å²) in [6, 6.07) is 18.4. The molecule has 19 heteroatoms. The Hall–Kier alpha value is -7.02. The first-order valence-corrected chi connectivity index (χ1v) is 20.0. The molecule has 61 heavy (non-hydrogen) atoms. The van der Waals surface area contributed by atoms with Gasteiger partial charge in [0.1, 0.15) is 46.1 Å². The zero-order valence-corrected chi connectivity index (χ0v) is 33.1. The highest BCUT2D eigenvalue weighted by molar-refractivity contribution is 5.97. The number of nitrogens with zero attached hydrogens (tertiary/aromatic N) is 8. The maximum Gasteiger partial charge on any atom is 0.272 e. The highest BCUT2D eigenvalue weighted by Crippen LogP contribution is 2.29. The van der Waals surface area contributed by atoms with Gasteiger partial charge in [0.2, 0.25) is 0 Å². The number of carbonyl (C=O) groups is 2. The lowest BCUT2D eigenvalue weighted by atomic mass is 10.0. The maximum atomic E-state index is 13.2. The Balaban J connectivity index is 0.000000185. The summed E-state index contributed by atoms with van der Waals surface area (Å²) in [7, 11) is 0. The van der Waals surface area contributed by atoms with Gasteiger partial charge in [-0.3, -0.25) is 9.59 Å². The zero-order chi connectivity index (χ0) is 42.6. The summed E-state index contributed by atoms with van der Waals surface area (Å²) in [5, 5.41) is 34.5. The fourth-order valence-corrected chi connectivity index (χ4v) is 7.33. The van der Waals surface area contributed by atoms with Gasteiger partial charge in [0.15, 0.2) is 11.4 Å². The van der Waals surface area contributed by atoms with Gasteiger partial charge in [-0.05, 0) is 98.5 Å². The van der Waals surface area contributed by atoms with Gasteiger partial charge in [-0.15, -0.1) is 9.59 Å². The van der Waals surface area contributed by atoms with Gasteiger partial charge in [-0.2, -0.15) is 20.4 Å². The SMILES string of the molecule is Nc1ccc(-n2nccn2)c(C(=O)N[C@H]2CCC[C@@H]2COc2ccc(F)cc2)n1.O=C(N[C@H]1CCC[C@@H]1COc1ccc(F)cc1)c1nc(NCCO)ccc1-n1nccn1. The van der Waals surface area contributed by atoms with Crippen molar-refractivity contribution < 1.29 is 33.0 Å². The molecule has 0 radical (unpaired) electrons. The van der Waals surface area contributed by atoms with Crippen LogP contribution in [0, 0.1) is 23.5 Å². The van der Waals surface area contributed by atoms with E-state index in [9.17, 15) is 18.4 Å². The molecule has 0 spiro atoms. The van der Waals surface area contributed by atoms with Crippen LogP contribution in [-0.4, -0.2) is 95.3 Å². The number of aromatic nitrogens is 8. The second-order valence-corrected chi connectivity index (χ2v) is 14.5.